The van der Waals surface area contributed by atoms with Gasteiger partial charge in [0.15, 0.2) is 5.82 Å². The highest BCUT2D eigenvalue weighted by molar-refractivity contribution is 5.84. The minimum absolute atomic E-state index is 0.00114. The van der Waals surface area contributed by atoms with Crippen molar-refractivity contribution in [3.63, 3.8) is 0 Å². The zero-order valence-corrected chi connectivity index (χ0v) is 8.78. The second-order valence-corrected chi connectivity index (χ2v) is 2.97. The fourth-order valence-corrected chi connectivity index (χ4v) is 1.13. The Bertz CT molecular complexity index is 522. The summed E-state index contributed by atoms with van der Waals surface area (Å²) in [6.45, 7) is 1.77. The maximum Gasteiger partial charge on any atom is 0.377 e. The van der Waals surface area contributed by atoms with Crippen LogP contribution >= 0.6 is 0 Å². The zero-order valence-electron chi connectivity index (χ0n) is 8.78. The molecule has 0 amide bonds. The Morgan fingerprint density at radius 1 is 1.44 bits per heavy atom. The maximum absolute atomic E-state index is 11.1. The summed E-state index contributed by atoms with van der Waals surface area (Å²) in [5, 5.41) is 3.93. The third-order valence-corrected chi connectivity index (χ3v) is 1.86. The molecule has 7 nitrogen and oxygen atoms in total. The van der Waals surface area contributed by atoms with Gasteiger partial charge in [-0.25, -0.2) is 24.4 Å². The van der Waals surface area contributed by atoms with E-state index in [1.165, 1.54) is 18.1 Å². The largest absolute Gasteiger partial charge is 0.463 e. The van der Waals surface area contributed by atoms with Gasteiger partial charge in [-0.1, -0.05) is 0 Å². The number of aromatic nitrogens is 5. The molecule has 0 aliphatic carbocycles. The fourth-order valence-electron chi connectivity index (χ4n) is 1.13. The van der Waals surface area contributed by atoms with E-state index < -0.39 is 5.97 Å². The van der Waals surface area contributed by atoms with Crippen molar-refractivity contribution in [2.24, 2.45) is 0 Å². The Morgan fingerprint density at radius 2 is 2.25 bits per heavy atom. The normalized spacial score (nSPS) is 10.1. The van der Waals surface area contributed by atoms with Gasteiger partial charge < -0.3 is 4.74 Å². The van der Waals surface area contributed by atoms with Crippen LogP contribution in [0.1, 0.15) is 16.4 Å². The predicted molar refractivity (Wildman–Crippen MR) is 53.0 cm³/mol. The van der Waals surface area contributed by atoms with Crippen LogP contribution < -0.4 is 0 Å². The Morgan fingerprint density at radius 3 is 2.94 bits per heavy atom. The Balaban J connectivity index is 2.35. The first-order chi connectivity index (χ1) is 7.70. The zero-order chi connectivity index (χ0) is 11.5. The summed E-state index contributed by atoms with van der Waals surface area (Å²) in [4.78, 5) is 23.0. The average molecular weight is 219 g/mol. The van der Waals surface area contributed by atoms with E-state index in [9.17, 15) is 4.79 Å². The van der Waals surface area contributed by atoms with E-state index in [1.807, 2.05) is 0 Å². The van der Waals surface area contributed by atoms with Crippen molar-refractivity contribution in [2.75, 3.05) is 7.11 Å². The van der Waals surface area contributed by atoms with Crippen LogP contribution in [0.4, 0.5) is 0 Å². The summed E-state index contributed by atoms with van der Waals surface area (Å²) in [5.74, 6) is 0.589. The van der Waals surface area contributed by atoms with Crippen LogP contribution in [-0.2, 0) is 4.74 Å². The molecule has 7 heteroatoms. The molecule has 0 aliphatic rings. The van der Waals surface area contributed by atoms with Crippen LogP contribution in [0.5, 0.6) is 0 Å². The van der Waals surface area contributed by atoms with Gasteiger partial charge in [-0.05, 0) is 6.92 Å². The Kier molecular flexibility index (Phi) is 2.59. The molecule has 2 aromatic heterocycles. The van der Waals surface area contributed by atoms with E-state index in [1.54, 1.807) is 19.2 Å². The number of nitrogens with zero attached hydrogens (tertiary/aromatic N) is 5. The van der Waals surface area contributed by atoms with Gasteiger partial charge in [0.25, 0.3) is 5.82 Å². The smallest absolute Gasteiger partial charge is 0.377 e. The van der Waals surface area contributed by atoms with E-state index >= 15 is 0 Å². The predicted octanol–water partition coefficient (Wildman–Crippen LogP) is 0.152. The molecule has 16 heavy (non-hydrogen) atoms. The molecule has 0 bridgehead atoms. The molecule has 0 aromatic carbocycles. The maximum atomic E-state index is 11.1. The first kappa shape index (κ1) is 10.2. The number of ether oxygens (including phenoxy) is 1. The third-order valence-electron chi connectivity index (χ3n) is 1.86. The van der Waals surface area contributed by atoms with Crippen molar-refractivity contribution in [3.8, 4) is 5.82 Å². The molecule has 0 N–H and O–H groups in total. The van der Waals surface area contributed by atoms with Crippen molar-refractivity contribution in [1.29, 1.82) is 0 Å². The topological polar surface area (TPSA) is 82.8 Å². The molecule has 0 unspecified atom stereocenters. The lowest BCUT2D eigenvalue weighted by molar-refractivity contribution is 0.0587. The summed E-state index contributed by atoms with van der Waals surface area (Å²) in [5.41, 5.74) is 0. The van der Waals surface area contributed by atoms with Gasteiger partial charge in [-0.3, -0.25) is 0 Å². The van der Waals surface area contributed by atoms with Crippen LogP contribution in [-0.4, -0.2) is 37.8 Å². The molecule has 0 aliphatic heterocycles. The quantitative estimate of drug-likeness (QED) is 0.669. The van der Waals surface area contributed by atoms with Crippen molar-refractivity contribution in [3.05, 3.63) is 30.2 Å². The van der Waals surface area contributed by atoms with Crippen LogP contribution in [0.25, 0.3) is 5.82 Å². The Labute approximate surface area is 91.1 Å². The molecular formula is C9H9N5O2. The fraction of sp³-hybridized carbons (Fsp3) is 0.222. The number of aryl methyl sites for hydroxylation is 1. The number of rotatable bonds is 2. The van der Waals surface area contributed by atoms with Crippen LogP contribution in [0.15, 0.2) is 18.6 Å². The molecular weight excluding hydrogens is 210 g/mol. The lowest BCUT2D eigenvalue weighted by atomic mass is 10.5. The Hall–Kier alpha value is -2.31. The lowest BCUT2D eigenvalue weighted by Gasteiger charge is -1.98. The minimum Gasteiger partial charge on any atom is -0.463 e. The number of esters is 1. The first-order valence-electron chi connectivity index (χ1n) is 4.50. The van der Waals surface area contributed by atoms with Gasteiger partial charge in [0, 0.05) is 12.3 Å². The molecule has 0 saturated heterocycles. The van der Waals surface area contributed by atoms with Crippen molar-refractivity contribution >= 4 is 5.97 Å². The van der Waals surface area contributed by atoms with Crippen molar-refractivity contribution < 1.29 is 9.53 Å². The number of hydrogen-bond acceptors (Lipinski definition) is 6. The van der Waals surface area contributed by atoms with E-state index in [4.69, 9.17) is 0 Å². The van der Waals surface area contributed by atoms with Crippen LogP contribution in [0.3, 0.4) is 0 Å². The molecule has 0 radical (unpaired) electrons. The van der Waals surface area contributed by atoms with Gasteiger partial charge in [-0.15, -0.1) is 5.10 Å². The first-order valence-corrected chi connectivity index (χ1v) is 4.50. The second-order valence-electron chi connectivity index (χ2n) is 2.97. The molecule has 2 rings (SSSR count). The van der Waals surface area contributed by atoms with Crippen LogP contribution in [0, 0.1) is 6.92 Å². The molecule has 2 aromatic rings. The number of methoxy groups -OCH3 is 1. The van der Waals surface area contributed by atoms with E-state index in [-0.39, 0.29) is 5.82 Å². The summed E-state index contributed by atoms with van der Waals surface area (Å²) >= 11 is 0. The van der Waals surface area contributed by atoms with E-state index in [0.717, 1.165) is 0 Å². The number of carbonyl (C=O) groups excluding carboxylic acids is 1. The van der Waals surface area contributed by atoms with Gasteiger partial charge in [0.2, 0.25) is 0 Å². The highest BCUT2D eigenvalue weighted by Crippen LogP contribution is 2.02. The third kappa shape index (κ3) is 1.88. The highest BCUT2D eigenvalue weighted by Gasteiger charge is 2.12. The number of hydrogen-bond donors (Lipinski definition) is 0. The average Bonchev–Trinajstić information content (AvgIpc) is 2.77. The highest BCUT2D eigenvalue weighted by atomic mass is 16.5. The molecule has 0 atom stereocenters. The lowest BCUT2D eigenvalue weighted by Crippen LogP contribution is -2.06. The number of carbonyl (C=O) groups is 1. The summed E-state index contributed by atoms with van der Waals surface area (Å²) < 4.78 is 5.89. The second kappa shape index (κ2) is 4.05. The minimum atomic E-state index is -0.579. The van der Waals surface area contributed by atoms with Crippen LogP contribution in [0.2, 0.25) is 0 Å². The van der Waals surface area contributed by atoms with Crippen molar-refractivity contribution in [2.45, 2.75) is 6.92 Å². The molecule has 82 valence electrons. The molecule has 0 spiro atoms. The summed E-state index contributed by atoms with van der Waals surface area (Å²) in [6, 6.07) is 1.67. The van der Waals surface area contributed by atoms with Gasteiger partial charge in [-0.2, -0.15) is 0 Å². The molecule has 0 fully saturated rings. The van der Waals surface area contributed by atoms with Gasteiger partial charge >= 0.3 is 5.97 Å². The van der Waals surface area contributed by atoms with Gasteiger partial charge in [0.05, 0.1) is 7.11 Å². The van der Waals surface area contributed by atoms with Gasteiger partial charge in [0.1, 0.15) is 12.2 Å². The summed E-state index contributed by atoms with van der Waals surface area (Å²) in [7, 11) is 1.28. The monoisotopic (exact) mass is 219 g/mol. The van der Waals surface area contributed by atoms with E-state index in [0.29, 0.717) is 11.6 Å². The van der Waals surface area contributed by atoms with Crippen molar-refractivity contribution in [1.82, 2.24) is 24.7 Å². The molecule has 0 saturated carbocycles. The molecule has 2 heterocycles. The SMILES string of the molecule is COC(=O)c1ncn(-c2ccnc(C)n2)n1. The summed E-state index contributed by atoms with van der Waals surface area (Å²) in [6.07, 6.45) is 3.01. The standard InChI is InChI=1S/C9H9N5O2/c1-6-10-4-3-7(12-6)14-5-11-8(13-14)9(15)16-2/h3-5H,1-2H3. The van der Waals surface area contributed by atoms with E-state index in [2.05, 4.69) is 24.8 Å².